The molecule has 2 rings (SSSR count). The molecule has 0 amide bonds. The zero-order valence-corrected chi connectivity index (χ0v) is 10.1. The van der Waals surface area contributed by atoms with Crippen molar-refractivity contribution in [2.24, 2.45) is 0 Å². The summed E-state index contributed by atoms with van der Waals surface area (Å²) in [4.78, 5) is 1.24. The Morgan fingerprint density at radius 1 is 1.57 bits per heavy atom. The van der Waals surface area contributed by atoms with Crippen molar-refractivity contribution in [2.45, 2.75) is 6.04 Å². The molecule has 2 aromatic rings. The Kier molecular flexibility index (Phi) is 3.05. The number of rotatable bonds is 3. The molecular weight excluding hydrogens is 262 g/mol. The first-order chi connectivity index (χ1) is 6.81. The highest BCUT2D eigenvalue weighted by Gasteiger charge is 2.15. The molecule has 0 fully saturated rings. The van der Waals surface area contributed by atoms with E-state index in [2.05, 4.69) is 32.7 Å². The predicted octanol–water partition coefficient (Wildman–Crippen LogP) is 3.41. The molecular formula is C10H10BrNOS. The Balaban J connectivity index is 2.31. The molecule has 0 bridgehead atoms. The molecule has 2 nitrogen and oxygen atoms in total. The van der Waals surface area contributed by atoms with Gasteiger partial charge in [-0.05, 0) is 41.2 Å². The van der Waals surface area contributed by atoms with Gasteiger partial charge in [0.05, 0.1) is 6.26 Å². The molecule has 1 atom stereocenters. The summed E-state index contributed by atoms with van der Waals surface area (Å²) >= 11 is 5.16. The van der Waals surface area contributed by atoms with E-state index < -0.39 is 0 Å². The van der Waals surface area contributed by atoms with Crippen molar-refractivity contribution >= 4 is 27.3 Å². The molecule has 0 aliphatic carbocycles. The second-order valence-corrected chi connectivity index (χ2v) is 4.76. The highest BCUT2D eigenvalue weighted by Crippen LogP contribution is 2.29. The van der Waals surface area contributed by atoms with Gasteiger partial charge < -0.3 is 9.73 Å². The van der Waals surface area contributed by atoms with Crippen LogP contribution in [0.25, 0.3) is 0 Å². The van der Waals surface area contributed by atoms with Crippen LogP contribution in [0.5, 0.6) is 0 Å². The highest BCUT2D eigenvalue weighted by atomic mass is 79.9. The number of thiophene rings is 1. The van der Waals surface area contributed by atoms with E-state index in [1.54, 1.807) is 17.6 Å². The molecule has 4 heteroatoms. The van der Waals surface area contributed by atoms with Crippen molar-refractivity contribution in [3.05, 3.63) is 45.0 Å². The topological polar surface area (TPSA) is 25.2 Å². The fourth-order valence-corrected chi connectivity index (χ4v) is 2.92. The van der Waals surface area contributed by atoms with Crippen molar-refractivity contribution in [2.75, 3.05) is 7.05 Å². The van der Waals surface area contributed by atoms with Gasteiger partial charge in [0.2, 0.25) is 0 Å². The Labute approximate surface area is 95.1 Å². The summed E-state index contributed by atoms with van der Waals surface area (Å²) in [7, 11) is 1.93. The lowest BCUT2D eigenvalue weighted by Gasteiger charge is -2.10. The summed E-state index contributed by atoms with van der Waals surface area (Å²) in [5.74, 6) is 0.946. The van der Waals surface area contributed by atoms with E-state index in [0.29, 0.717) is 0 Å². The fourth-order valence-electron chi connectivity index (χ4n) is 1.36. The van der Waals surface area contributed by atoms with Crippen LogP contribution < -0.4 is 5.32 Å². The quantitative estimate of drug-likeness (QED) is 0.926. The van der Waals surface area contributed by atoms with Gasteiger partial charge in [0.1, 0.15) is 11.8 Å². The van der Waals surface area contributed by atoms with Crippen LogP contribution in [0.3, 0.4) is 0 Å². The molecule has 0 spiro atoms. The van der Waals surface area contributed by atoms with Crippen molar-refractivity contribution in [1.29, 1.82) is 0 Å². The van der Waals surface area contributed by atoms with Crippen LogP contribution >= 0.6 is 27.3 Å². The summed E-state index contributed by atoms with van der Waals surface area (Å²) < 4.78 is 6.49. The summed E-state index contributed by atoms with van der Waals surface area (Å²) in [6, 6.07) is 6.15. The molecule has 74 valence electrons. The lowest BCUT2D eigenvalue weighted by atomic mass is 10.2. The van der Waals surface area contributed by atoms with Crippen molar-refractivity contribution in [1.82, 2.24) is 5.32 Å². The molecule has 14 heavy (non-hydrogen) atoms. The molecule has 1 unspecified atom stereocenters. The average Bonchev–Trinajstić information content (AvgIpc) is 2.79. The Morgan fingerprint density at radius 2 is 2.43 bits per heavy atom. The maximum absolute atomic E-state index is 5.38. The highest BCUT2D eigenvalue weighted by molar-refractivity contribution is 9.10. The summed E-state index contributed by atoms with van der Waals surface area (Å²) in [5.41, 5.74) is 0. The molecule has 0 saturated heterocycles. The van der Waals surface area contributed by atoms with E-state index in [-0.39, 0.29) is 6.04 Å². The lowest BCUT2D eigenvalue weighted by molar-refractivity contribution is 0.466. The third-order valence-corrected chi connectivity index (χ3v) is 3.75. The monoisotopic (exact) mass is 271 g/mol. The molecule has 0 saturated carbocycles. The molecule has 1 N–H and O–H groups in total. The van der Waals surface area contributed by atoms with Gasteiger partial charge in [0.25, 0.3) is 0 Å². The van der Waals surface area contributed by atoms with Gasteiger partial charge in [-0.2, -0.15) is 0 Å². The van der Waals surface area contributed by atoms with Gasteiger partial charge in [0, 0.05) is 14.7 Å². The van der Waals surface area contributed by atoms with Crippen molar-refractivity contribution < 1.29 is 4.42 Å². The Hall–Kier alpha value is -0.580. The van der Waals surface area contributed by atoms with Crippen LogP contribution in [0.15, 0.2) is 38.7 Å². The maximum atomic E-state index is 5.38. The smallest absolute Gasteiger partial charge is 0.126 e. The van der Waals surface area contributed by atoms with Crippen LogP contribution in [-0.2, 0) is 0 Å². The molecule has 2 aromatic heterocycles. The van der Waals surface area contributed by atoms with Crippen molar-refractivity contribution in [3.63, 3.8) is 0 Å². The zero-order chi connectivity index (χ0) is 9.97. The fraction of sp³-hybridized carbons (Fsp3) is 0.200. The van der Waals surface area contributed by atoms with Crippen LogP contribution in [0.4, 0.5) is 0 Å². The minimum Gasteiger partial charge on any atom is -0.467 e. The molecule has 0 aromatic carbocycles. The molecule has 0 aliphatic rings. The lowest BCUT2D eigenvalue weighted by Crippen LogP contribution is -2.15. The average molecular weight is 272 g/mol. The van der Waals surface area contributed by atoms with E-state index in [1.165, 1.54) is 4.88 Å². The standard InChI is InChI=1S/C10H10BrNOS/c1-12-10(8-3-2-4-13-8)9-5-7(11)6-14-9/h2-6,10,12H,1H3. The van der Waals surface area contributed by atoms with E-state index in [4.69, 9.17) is 4.42 Å². The summed E-state index contributed by atoms with van der Waals surface area (Å²) in [5, 5.41) is 5.30. The third kappa shape index (κ3) is 1.92. The van der Waals surface area contributed by atoms with Crippen LogP contribution in [0.1, 0.15) is 16.7 Å². The van der Waals surface area contributed by atoms with E-state index in [0.717, 1.165) is 10.2 Å². The minimum absolute atomic E-state index is 0.154. The van der Waals surface area contributed by atoms with Gasteiger partial charge in [-0.25, -0.2) is 0 Å². The number of hydrogen-bond acceptors (Lipinski definition) is 3. The number of furan rings is 1. The van der Waals surface area contributed by atoms with E-state index in [1.807, 2.05) is 19.2 Å². The zero-order valence-electron chi connectivity index (χ0n) is 7.66. The molecule has 0 radical (unpaired) electrons. The van der Waals surface area contributed by atoms with E-state index in [9.17, 15) is 0 Å². The number of hydrogen-bond donors (Lipinski definition) is 1. The SMILES string of the molecule is CNC(c1ccco1)c1cc(Br)cs1. The van der Waals surface area contributed by atoms with Gasteiger partial charge in [0.15, 0.2) is 0 Å². The largest absolute Gasteiger partial charge is 0.467 e. The normalized spacial score (nSPS) is 13.0. The van der Waals surface area contributed by atoms with Crippen LogP contribution in [0, 0.1) is 0 Å². The maximum Gasteiger partial charge on any atom is 0.126 e. The first-order valence-corrected chi connectivity index (χ1v) is 5.93. The molecule has 2 heterocycles. The Bertz CT molecular complexity index is 396. The minimum atomic E-state index is 0.154. The first-order valence-electron chi connectivity index (χ1n) is 4.26. The first kappa shape index (κ1) is 9.96. The van der Waals surface area contributed by atoms with Gasteiger partial charge in [-0.15, -0.1) is 11.3 Å². The van der Waals surface area contributed by atoms with Gasteiger partial charge in [-0.1, -0.05) is 0 Å². The third-order valence-electron chi connectivity index (χ3n) is 1.99. The van der Waals surface area contributed by atoms with E-state index >= 15 is 0 Å². The second kappa shape index (κ2) is 4.29. The van der Waals surface area contributed by atoms with Crippen LogP contribution in [-0.4, -0.2) is 7.05 Å². The summed E-state index contributed by atoms with van der Waals surface area (Å²) in [6.07, 6.45) is 1.70. The second-order valence-electron chi connectivity index (χ2n) is 2.90. The van der Waals surface area contributed by atoms with Gasteiger partial charge in [-0.3, -0.25) is 0 Å². The van der Waals surface area contributed by atoms with Gasteiger partial charge >= 0.3 is 0 Å². The number of halogens is 1. The Morgan fingerprint density at radius 3 is 2.93 bits per heavy atom. The predicted molar refractivity (Wildman–Crippen MR) is 61.6 cm³/mol. The number of nitrogens with one attached hydrogen (secondary N) is 1. The summed E-state index contributed by atoms with van der Waals surface area (Å²) in [6.45, 7) is 0. The van der Waals surface area contributed by atoms with Crippen LogP contribution in [0.2, 0.25) is 0 Å². The molecule has 0 aliphatic heterocycles. The van der Waals surface area contributed by atoms with Crippen molar-refractivity contribution in [3.8, 4) is 0 Å².